The number of aliphatic hydroxyl groups excluding tert-OH is 2. The van der Waals surface area contributed by atoms with E-state index < -0.39 is 0 Å². The lowest BCUT2D eigenvalue weighted by Crippen LogP contribution is -2.06. The van der Waals surface area contributed by atoms with Crippen LogP contribution in [0.1, 0.15) is 13.3 Å². The van der Waals surface area contributed by atoms with Crippen molar-refractivity contribution in [3.8, 4) is 0 Å². The summed E-state index contributed by atoms with van der Waals surface area (Å²) in [5.74, 6) is -0.125. The first kappa shape index (κ1) is 14.3. The monoisotopic (exact) mass is 221 g/mol. The third-order valence-corrected chi connectivity index (χ3v) is 1.40. The van der Waals surface area contributed by atoms with Gasteiger partial charge in [-0.3, -0.25) is 10.1 Å². The van der Waals surface area contributed by atoms with Crippen molar-refractivity contribution in [2.45, 2.75) is 19.6 Å². The molecule has 0 saturated carbocycles. The predicted molar refractivity (Wildman–Crippen MR) is 53.2 cm³/mol. The molecule has 90 valence electrons. The summed E-state index contributed by atoms with van der Waals surface area (Å²) in [7, 11) is 0. The van der Waals surface area contributed by atoms with Gasteiger partial charge in [0, 0.05) is 13.0 Å². The fourth-order valence-corrected chi connectivity index (χ4v) is 0.605. The molecule has 0 aliphatic carbocycles. The van der Waals surface area contributed by atoms with Gasteiger partial charge in [-0.05, 0) is 0 Å². The molecule has 0 amide bonds. The predicted octanol–water partition coefficient (Wildman–Crippen LogP) is -1.14. The fourth-order valence-electron chi connectivity index (χ4n) is 0.605. The Balaban J connectivity index is 0.000000265. The van der Waals surface area contributed by atoms with Crippen molar-refractivity contribution in [2.24, 2.45) is 0 Å². The maximum atomic E-state index is 10.4. The molecule has 0 aromatic heterocycles. The second-order valence-corrected chi connectivity index (χ2v) is 2.80. The molecule has 1 unspecified atom stereocenters. The van der Waals surface area contributed by atoms with Crippen molar-refractivity contribution in [1.82, 2.24) is 5.32 Å². The lowest BCUT2D eigenvalue weighted by atomic mass is 10.5. The van der Waals surface area contributed by atoms with Crippen molar-refractivity contribution in [3.63, 3.8) is 0 Å². The average molecular weight is 221 g/mol. The molecule has 1 aliphatic rings. The SMILES string of the molecule is CCC(=O)OC1CN1.OCCOCCO. The molecule has 1 fully saturated rings. The molecule has 0 bridgehead atoms. The molecule has 0 spiro atoms. The zero-order valence-corrected chi connectivity index (χ0v) is 8.94. The Kier molecular flexibility index (Phi) is 9.40. The first-order valence-corrected chi connectivity index (χ1v) is 4.96. The van der Waals surface area contributed by atoms with Gasteiger partial charge in [0.05, 0.1) is 26.4 Å². The van der Waals surface area contributed by atoms with Crippen LogP contribution < -0.4 is 5.32 Å². The number of hydrogen-bond acceptors (Lipinski definition) is 6. The van der Waals surface area contributed by atoms with Gasteiger partial charge in [0.25, 0.3) is 0 Å². The van der Waals surface area contributed by atoms with E-state index in [-0.39, 0.29) is 25.4 Å². The molecular weight excluding hydrogens is 202 g/mol. The molecule has 3 N–H and O–H groups in total. The number of aliphatic hydroxyl groups is 2. The Labute approximate surface area is 89.2 Å². The number of ether oxygens (including phenoxy) is 2. The molecular formula is C9H19NO5. The van der Waals surface area contributed by atoms with Gasteiger partial charge in [-0.25, -0.2) is 0 Å². The van der Waals surface area contributed by atoms with Crippen molar-refractivity contribution in [1.29, 1.82) is 0 Å². The first-order valence-electron chi connectivity index (χ1n) is 4.96. The summed E-state index contributed by atoms with van der Waals surface area (Å²) in [4.78, 5) is 10.4. The minimum Gasteiger partial charge on any atom is -0.445 e. The van der Waals surface area contributed by atoms with E-state index in [2.05, 4.69) is 10.1 Å². The summed E-state index contributed by atoms with van der Waals surface area (Å²) in [5, 5.41) is 19.0. The van der Waals surface area contributed by atoms with Crippen molar-refractivity contribution < 1.29 is 24.5 Å². The van der Waals surface area contributed by atoms with Gasteiger partial charge in [0.1, 0.15) is 0 Å². The highest BCUT2D eigenvalue weighted by atomic mass is 16.6. The van der Waals surface area contributed by atoms with Crippen LogP contribution in [0.15, 0.2) is 0 Å². The van der Waals surface area contributed by atoms with Crippen LogP contribution in [-0.2, 0) is 14.3 Å². The standard InChI is InChI=1S/C5H9NO2.C4H10O3/c1-2-5(7)8-4-3-6-4;5-1-3-7-4-2-6/h4,6H,2-3H2,1H3;5-6H,1-4H2. The highest BCUT2D eigenvalue weighted by Gasteiger charge is 2.23. The highest BCUT2D eigenvalue weighted by molar-refractivity contribution is 5.69. The Bertz CT molecular complexity index is 157. The topological polar surface area (TPSA) is 97.9 Å². The third-order valence-electron chi connectivity index (χ3n) is 1.40. The van der Waals surface area contributed by atoms with E-state index in [1.807, 2.05) is 0 Å². The van der Waals surface area contributed by atoms with Gasteiger partial charge >= 0.3 is 5.97 Å². The molecule has 1 rings (SSSR count). The van der Waals surface area contributed by atoms with Gasteiger partial charge in [-0.15, -0.1) is 0 Å². The van der Waals surface area contributed by atoms with Crippen LogP contribution in [-0.4, -0.2) is 55.4 Å². The van der Waals surface area contributed by atoms with Crippen molar-refractivity contribution in [3.05, 3.63) is 0 Å². The lowest BCUT2D eigenvalue weighted by molar-refractivity contribution is -0.144. The molecule has 1 atom stereocenters. The van der Waals surface area contributed by atoms with Crippen LogP contribution in [0.4, 0.5) is 0 Å². The van der Waals surface area contributed by atoms with E-state index in [1.54, 1.807) is 6.92 Å². The van der Waals surface area contributed by atoms with Gasteiger partial charge < -0.3 is 19.7 Å². The molecule has 1 saturated heterocycles. The molecule has 6 nitrogen and oxygen atoms in total. The maximum Gasteiger partial charge on any atom is 0.307 e. The molecule has 0 aromatic carbocycles. The van der Waals surface area contributed by atoms with Crippen LogP contribution in [0.3, 0.4) is 0 Å². The second kappa shape index (κ2) is 9.85. The van der Waals surface area contributed by atoms with E-state index in [4.69, 9.17) is 14.9 Å². The Morgan fingerprint density at radius 2 is 1.93 bits per heavy atom. The number of carbonyl (C=O) groups excluding carboxylic acids is 1. The molecule has 1 aliphatic heterocycles. The summed E-state index contributed by atoms with van der Waals surface area (Å²) in [6.07, 6.45) is 0.500. The van der Waals surface area contributed by atoms with Crippen molar-refractivity contribution >= 4 is 5.97 Å². The minimum absolute atomic E-state index is 0.0278. The largest absolute Gasteiger partial charge is 0.445 e. The maximum absolute atomic E-state index is 10.4. The average Bonchev–Trinajstić information content (AvgIpc) is 3.03. The highest BCUT2D eigenvalue weighted by Crippen LogP contribution is 1.99. The van der Waals surface area contributed by atoms with E-state index in [1.165, 1.54) is 0 Å². The van der Waals surface area contributed by atoms with Crippen LogP contribution >= 0.6 is 0 Å². The summed E-state index contributed by atoms with van der Waals surface area (Å²) < 4.78 is 9.39. The second-order valence-electron chi connectivity index (χ2n) is 2.80. The molecule has 15 heavy (non-hydrogen) atoms. The number of carbonyl (C=O) groups is 1. The lowest BCUT2D eigenvalue weighted by Gasteiger charge is -1.95. The van der Waals surface area contributed by atoms with E-state index in [0.29, 0.717) is 19.6 Å². The third kappa shape index (κ3) is 11.2. The molecule has 0 radical (unpaired) electrons. The zero-order valence-electron chi connectivity index (χ0n) is 8.94. The molecule has 0 aromatic rings. The van der Waals surface area contributed by atoms with E-state index in [0.717, 1.165) is 6.54 Å². The summed E-state index contributed by atoms with van der Waals surface area (Å²) in [6.45, 7) is 3.30. The van der Waals surface area contributed by atoms with Gasteiger partial charge in [0.15, 0.2) is 6.23 Å². The molecule has 6 heteroatoms. The van der Waals surface area contributed by atoms with E-state index >= 15 is 0 Å². The fraction of sp³-hybridized carbons (Fsp3) is 0.889. The van der Waals surface area contributed by atoms with Crippen molar-refractivity contribution in [2.75, 3.05) is 33.0 Å². The Morgan fingerprint density at radius 1 is 1.40 bits per heavy atom. The van der Waals surface area contributed by atoms with Gasteiger partial charge in [0.2, 0.25) is 0 Å². The van der Waals surface area contributed by atoms with Crippen LogP contribution in [0.5, 0.6) is 0 Å². The molecule has 1 heterocycles. The van der Waals surface area contributed by atoms with Crippen LogP contribution in [0.25, 0.3) is 0 Å². The number of nitrogens with one attached hydrogen (secondary N) is 1. The zero-order chi connectivity index (χ0) is 11.5. The summed E-state index contributed by atoms with van der Waals surface area (Å²) in [5.41, 5.74) is 0. The Morgan fingerprint density at radius 3 is 2.27 bits per heavy atom. The van der Waals surface area contributed by atoms with Crippen LogP contribution in [0.2, 0.25) is 0 Å². The number of rotatable bonds is 6. The Hall–Kier alpha value is -0.690. The van der Waals surface area contributed by atoms with E-state index in [9.17, 15) is 4.79 Å². The van der Waals surface area contributed by atoms with Gasteiger partial charge in [-0.1, -0.05) is 6.92 Å². The van der Waals surface area contributed by atoms with Crippen LogP contribution in [0, 0.1) is 0 Å². The van der Waals surface area contributed by atoms with Gasteiger partial charge in [-0.2, -0.15) is 0 Å². The quantitative estimate of drug-likeness (QED) is 0.298. The number of esters is 1. The number of hydrogen-bond donors (Lipinski definition) is 3. The summed E-state index contributed by atoms with van der Waals surface area (Å²) >= 11 is 0. The first-order chi connectivity index (χ1) is 7.24. The normalized spacial score (nSPS) is 17.7. The smallest absolute Gasteiger partial charge is 0.307 e. The summed E-state index contributed by atoms with van der Waals surface area (Å²) in [6, 6.07) is 0. The minimum atomic E-state index is -0.125.